The molecule has 0 heterocycles. The first-order valence-electron chi connectivity index (χ1n) is 7.19. The summed E-state index contributed by atoms with van der Waals surface area (Å²) in [7, 11) is 3.60. The van der Waals surface area contributed by atoms with Gasteiger partial charge in [0.25, 0.3) is 0 Å². The first kappa shape index (κ1) is 16.5. The summed E-state index contributed by atoms with van der Waals surface area (Å²) in [5.74, 6) is 0.228. The minimum atomic E-state index is -0.186. The molecule has 0 atom stereocenters. The zero-order chi connectivity index (χ0) is 16.4. The van der Waals surface area contributed by atoms with Crippen LogP contribution in [0.15, 0.2) is 34.0 Å². The maximum absolute atomic E-state index is 12.5. The maximum atomic E-state index is 12.5. The van der Waals surface area contributed by atoms with E-state index < -0.39 is 0 Å². The van der Waals surface area contributed by atoms with Crippen molar-refractivity contribution in [3.63, 3.8) is 0 Å². The molecule has 0 saturated heterocycles. The van der Waals surface area contributed by atoms with Crippen LogP contribution >= 0.6 is 15.9 Å². The van der Waals surface area contributed by atoms with E-state index in [2.05, 4.69) is 41.9 Å². The average Bonchev–Trinajstić information content (AvgIpc) is 2.85. The third kappa shape index (κ3) is 3.31. The summed E-state index contributed by atoms with van der Waals surface area (Å²) in [5.41, 5.74) is 4.29. The van der Waals surface area contributed by atoms with Gasteiger partial charge in [-0.05, 0) is 34.8 Å². The third-order valence-corrected chi connectivity index (χ3v) is 4.32. The van der Waals surface area contributed by atoms with Gasteiger partial charge in [0.15, 0.2) is 0 Å². The number of Topliss-reactive ketones (excluding diaryl/α,β-unsaturated/α-hetero) is 1. The van der Waals surface area contributed by atoms with Crippen LogP contribution in [-0.4, -0.2) is 24.8 Å². The second-order valence-electron chi connectivity index (χ2n) is 6.02. The van der Waals surface area contributed by atoms with Gasteiger partial charge in [0.05, 0.1) is 0 Å². The molecule has 0 N–H and O–H groups in total. The van der Waals surface area contributed by atoms with Gasteiger partial charge in [-0.2, -0.15) is 5.26 Å². The molecule has 1 aliphatic carbocycles. The molecule has 0 radical (unpaired) electrons. The van der Waals surface area contributed by atoms with Gasteiger partial charge >= 0.3 is 0 Å². The zero-order valence-electron chi connectivity index (χ0n) is 13.3. The van der Waals surface area contributed by atoms with Gasteiger partial charge in [0.2, 0.25) is 5.78 Å². The van der Waals surface area contributed by atoms with E-state index in [1.54, 1.807) is 25.2 Å². The largest absolute Gasteiger partial charge is 0.382 e. The number of hydrogen-bond donors (Lipinski definition) is 0. The molecule has 1 aromatic rings. The van der Waals surface area contributed by atoms with Crippen LogP contribution in [0.5, 0.6) is 0 Å². The van der Waals surface area contributed by atoms with Crippen LogP contribution in [0.25, 0.3) is 6.08 Å². The molecular weight excluding hydrogens is 340 g/mol. The predicted molar refractivity (Wildman–Crippen MR) is 92.3 cm³/mol. The molecule has 2 rings (SSSR count). The quantitative estimate of drug-likeness (QED) is 0.602. The first-order chi connectivity index (χ1) is 10.3. The van der Waals surface area contributed by atoms with Gasteiger partial charge < -0.3 is 4.90 Å². The number of rotatable bonds is 4. The van der Waals surface area contributed by atoms with Crippen LogP contribution in [0.3, 0.4) is 0 Å². The highest BCUT2D eigenvalue weighted by molar-refractivity contribution is 9.10. The molecule has 22 heavy (non-hydrogen) atoms. The normalized spacial score (nSPS) is 13.7. The lowest BCUT2D eigenvalue weighted by molar-refractivity contribution is -0.111. The Morgan fingerprint density at radius 2 is 2.09 bits per heavy atom. The van der Waals surface area contributed by atoms with E-state index in [1.165, 1.54) is 5.56 Å². The Labute approximate surface area is 140 Å². The SMILES string of the molecule is CC(C)c1cc2c(cc1Br)CC(C(=O)/C(C#N)=C/N(C)C)=C2. The second-order valence-corrected chi connectivity index (χ2v) is 6.88. The molecule has 0 bridgehead atoms. The molecule has 0 unspecified atom stereocenters. The molecule has 0 aliphatic heterocycles. The standard InChI is InChI=1S/C18H19BrN2O/c1-11(2)16-7-12-5-14(6-13(12)8-17(16)19)18(22)15(9-20)10-21(3)4/h5,7-8,10-11H,6H2,1-4H3/b15-10+. The molecule has 0 amide bonds. The van der Waals surface area contributed by atoms with Gasteiger partial charge in [0.1, 0.15) is 11.6 Å². The number of nitriles is 1. The van der Waals surface area contributed by atoms with Crippen molar-refractivity contribution in [1.82, 2.24) is 4.90 Å². The number of carbonyl (C=O) groups excluding carboxylic acids is 1. The van der Waals surface area contributed by atoms with E-state index in [0.29, 0.717) is 17.9 Å². The van der Waals surface area contributed by atoms with Gasteiger partial charge in [-0.3, -0.25) is 4.79 Å². The number of hydrogen-bond acceptors (Lipinski definition) is 3. The lowest BCUT2D eigenvalue weighted by Crippen LogP contribution is -2.10. The highest BCUT2D eigenvalue weighted by Gasteiger charge is 2.23. The highest BCUT2D eigenvalue weighted by atomic mass is 79.9. The van der Waals surface area contributed by atoms with Crippen molar-refractivity contribution in [3.05, 3.63) is 50.6 Å². The van der Waals surface area contributed by atoms with E-state index in [4.69, 9.17) is 0 Å². The molecule has 3 nitrogen and oxygen atoms in total. The van der Waals surface area contributed by atoms with Crippen molar-refractivity contribution in [2.24, 2.45) is 0 Å². The molecule has 0 spiro atoms. The van der Waals surface area contributed by atoms with Crippen molar-refractivity contribution >= 4 is 27.8 Å². The summed E-state index contributed by atoms with van der Waals surface area (Å²) in [5, 5.41) is 9.18. The lowest BCUT2D eigenvalue weighted by Gasteiger charge is -2.10. The number of ketones is 1. The molecular formula is C18H19BrN2O. The summed E-state index contributed by atoms with van der Waals surface area (Å²) in [6.45, 7) is 4.29. The van der Waals surface area contributed by atoms with E-state index >= 15 is 0 Å². The first-order valence-corrected chi connectivity index (χ1v) is 7.98. The van der Waals surface area contributed by atoms with Crippen LogP contribution in [0.2, 0.25) is 0 Å². The number of fused-ring (bicyclic) bond motifs is 1. The summed E-state index contributed by atoms with van der Waals surface area (Å²) in [6, 6.07) is 6.22. The number of carbonyl (C=O) groups is 1. The fourth-order valence-electron chi connectivity index (χ4n) is 2.54. The highest BCUT2D eigenvalue weighted by Crippen LogP contribution is 2.34. The molecule has 0 fully saturated rings. The molecule has 114 valence electrons. The average molecular weight is 359 g/mol. The lowest BCUT2D eigenvalue weighted by atomic mass is 9.98. The summed E-state index contributed by atoms with van der Waals surface area (Å²) >= 11 is 3.60. The number of nitrogens with zero attached hydrogens (tertiary/aromatic N) is 2. The Balaban J connectivity index is 2.36. The van der Waals surface area contributed by atoms with Crippen molar-refractivity contribution in [3.8, 4) is 6.07 Å². The van der Waals surface area contributed by atoms with Gasteiger partial charge in [-0.25, -0.2) is 0 Å². The van der Waals surface area contributed by atoms with Crippen LogP contribution in [-0.2, 0) is 11.2 Å². The Hall–Kier alpha value is -1.86. The second kappa shape index (κ2) is 6.50. The fourth-order valence-corrected chi connectivity index (χ4v) is 3.39. The van der Waals surface area contributed by atoms with Crippen LogP contribution < -0.4 is 0 Å². The van der Waals surface area contributed by atoms with Crippen molar-refractivity contribution in [1.29, 1.82) is 5.26 Å². The zero-order valence-corrected chi connectivity index (χ0v) is 14.9. The maximum Gasteiger partial charge on any atom is 0.201 e. The van der Waals surface area contributed by atoms with E-state index in [1.807, 2.05) is 12.1 Å². The minimum absolute atomic E-state index is 0.173. The Morgan fingerprint density at radius 3 is 2.64 bits per heavy atom. The van der Waals surface area contributed by atoms with E-state index in [9.17, 15) is 10.1 Å². The van der Waals surface area contributed by atoms with E-state index in [0.717, 1.165) is 15.6 Å². The van der Waals surface area contributed by atoms with Gasteiger partial charge in [-0.1, -0.05) is 35.8 Å². The molecule has 1 aromatic carbocycles. The molecule has 0 saturated carbocycles. The van der Waals surface area contributed by atoms with Crippen LogP contribution in [0.4, 0.5) is 0 Å². The molecule has 0 aromatic heterocycles. The topological polar surface area (TPSA) is 44.1 Å². The predicted octanol–water partition coefficient (Wildman–Crippen LogP) is 4.05. The number of halogens is 1. The van der Waals surface area contributed by atoms with Crippen LogP contribution in [0, 0.1) is 11.3 Å². The molecule has 4 heteroatoms. The van der Waals surface area contributed by atoms with Crippen molar-refractivity contribution < 1.29 is 4.79 Å². The van der Waals surface area contributed by atoms with Gasteiger partial charge in [-0.15, -0.1) is 0 Å². The third-order valence-electron chi connectivity index (χ3n) is 3.64. The Morgan fingerprint density at radius 1 is 1.41 bits per heavy atom. The van der Waals surface area contributed by atoms with Crippen molar-refractivity contribution in [2.75, 3.05) is 14.1 Å². The Kier molecular flexibility index (Phi) is 4.87. The van der Waals surface area contributed by atoms with E-state index in [-0.39, 0.29) is 11.4 Å². The van der Waals surface area contributed by atoms with Crippen LogP contribution in [0.1, 0.15) is 36.5 Å². The summed E-state index contributed by atoms with van der Waals surface area (Å²) < 4.78 is 1.08. The summed E-state index contributed by atoms with van der Waals surface area (Å²) in [4.78, 5) is 14.2. The summed E-state index contributed by atoms with van der Waals surface area (Å²) in [6.07, 6.45) is 4.07. The van der Waals surface area contributed by atoms with Gasteiger partial charge in [0, 0.05) is 36.8 Å². The van der Waals surface area contributed by atoms with Crippen molar-refractivity contribution in [2.45, 2.75) is 26.2 Å². The Bertz CT molecular complexity index is 721. The number of benzene rings is 1. The fraction of sp³-hybridized carbons (Fsp3) is 0.333. The minimum Gasteiger partial charge on any atom is -0.382 e. The monoisotopic (exact) mass is 358 g/mol. The number of allylic oxidation sites excluding steroid dienone is 2. The smallest absolute Gasteiger partial charge is 0.201 e. The molecule has 1 aliphatic rings.